The molecule has 2 aromatic rings. The zero-order valence-electron chi connectivity index (χ0n) is 8.08. The Bertz CT molecular complexity index is 510. The van der Waals surface area contributed by atoms with Crippen molar-refractivity contribution in [2.45, 2.75) is 20.0 Å². The van der Waals surface area contributed by atoms with Gasteiger partial charge < -0.3 is 10.7 Å². The molecule has 0 fully saturated rings. The second-order valence-electron chi connectivity index (χ2n) is 3.23. The van der Waals surface area contributed by atoms with Gasteiger partial charge in [0.2, 0.25) is 0 Å². The van der Waals surface area contributed by atoms with E-state index in [2.05, 4.69) is 4.98 Å². The van der Waals surface area contributed by atoms with E-state index in [-0.39, 0.29) is 5.69 Å². The normalized spacial score (nSPS) is 11.0. The molecule has 3 N–H and O–H groups in total. The fourth-order valence-electron chi connectivity index (χ4n) is 1.65. The number of nitrogens with one attached hydrogen (secondary N) is 1. The van der Waals surface area contributed by atoms with Crippen molar-refractivity contribution in [2.24, 2.45) is 5.73 Å². The molecule has 0 amide bonds. The highest BCUT2D eigenvalue weighted by Gasteiger charge is 2.04. The number of rotatable bonds is 2. The Balaban J connectivity index is 2.74. The van der Waals surface area contributed by atoms with Crippen LogP contribution in [-0.4, -0.2) is 9.55 Å². The fourth-order valence-corrected chi connectivity index (χ4v) is 1.65. The molecule has 0 aliphatic rings. The molecule has 0 saturated carbocycles. The van der Waals surface area contributed by atoms with E-state index in [0.29, 0.717) is 13.1 Å². The van der Waals surface area contributed by atoms with E-state index in [1.54, 1.807) is 4.57 Å². The summed E-state index contributed by atoms with van der Waals surface area (Å²) >= 11 is 0. The van der Waals surface area contributed by atoms with Crippen LogP contribution in [0.2, 0.25) is 0 Å². The van der Waals surface area contributed by atoms with Crippen molar-refractivity contribution in [2.75, 3.05) is 0 Å². The van der Waals surface area contributed by atoms with E-state index >= 15 is 0 Å². The standard InChI is InChI=1S/C10H13N3O/c1-2-13-9-4-3-7(6-11)5-8(9)12-10(13)14/h3-5H,2,6,11H2,1H3,(H,12,14). The minimum atomic E-state index is -0.0586. The lowest BCUT2D eigenvalue weighted by Gasteiger charge is -1.99. The highest BCUT2D eigenvalue weighted by Crippen LogP contribution is 2.12. The minimum absolute atomic E-state index is 0.0586. The molecule has 4 nitrogen and oxygen atoms in total. The number of H-pyrrole nitrogens is 1. The molecule has 0 aliphatic carbocycles. The van der Waals surface area contributed by atoms with Crippen molar-refractivity contribution >= 4 is 11.0 Å². The lowest BCUT2D eigenvalue weighted by molar-refractivity contribution is 0.753. The molecule has 74 valence electrons. The van der Waals surface area contributed by atoms with Crippen molar-refractivity contribution in [3.8, 4) is 0 Å². The van der Waals surface area contributed by atoms with Crippen LogP contribution in [0.25, 0.3) is 11.0 Å². The van der Waals surface area contributed by atoms with Gasteiger partial charge in [-0.1, -0.05) is 6.07 Å². The highest BCUT2D eigenvalue weighted by molar-refractivity contribution is 5.76. The maximum absolute atomic E-state index is 11.4. The second-order valence-corrected chi connectivity index (χ2v) is 3.23. The molecule has 0 radical (unpaired) electrons. The summed E-state index contributed by atoms with van der Waals surface area (Å²) in [5, 5.41) is 0. The van der Waals surface area contributed by atoms with E-state index in [0.717, 1.165) is 16.6 Å². The predicted octanol–water partition coefficient (Wildman–Crippen LogP) is 0.808. The Labute approximate surface area is 81.3 Å². The Morgan fingerprint density at radius 3 is 2.93 bits per heavy atom. The second kappa shape index (κ2) is 3.31. The van der Waals surface area contributed by atoms with Crippen LogP contribution in [-0.2, 0) is 13.1 Å². The number of aromatic nitrogens is 2. The number of fused-ring (bicyclic) bond motifs is 1. The van der Waals surface area contributed by atoms with Gasteiger partial charge >= 0.3 is 5.69 Å². The summed E-state index contributed by atoms with van der Waals surface area (Å²) in [4.78, 5) is 14.2. The molecule has 0 spiro atoms. The molecule has 0 aliphatic heterocycles. The lowest BCUT2D eigenvalue weighted by Crippen LogP contribution is -2.14. The fraction of sp³-hybridized carbons (Fsp3) is 0.300. The minimum Gasteiger partial charge on any atom is -0.326 e. The van der Waals surface area contributed by atoms with Crippen LogP contribution < -0.4 is 11.4 Å². The molecule has 0 atom stereocenters. The molecule has 2 rings (SSSR count). The molecular weight excluding hydrogens is 178 g/mol. The summed E-state index contributed by atoms with van der Waals surface area (Å²) in [6.07, 6.45) is 0. The first-order valence-electron chi connectivity index (χ1n) is 4.67. The van der Waals surface area contributed by atoms with Crippen molar-refractivity contribution in [1.82, 2.24) is 9.55 Å². The van der Waals surface area contributed by atoms with Gasteiger partial charge in [0, 0.05) is 13.1 Å². The highest BCUT2D eigenvalue weighted by atomic mass is 16.1. The SMILES string of the molecule is CCn1c(=O)[nH]c2cc(CN)ccc21. The Morgan fingerprint density at radius 2 is 2.29 bits per heavy atom. The average Bonchev–Trinajstić information content (AvgIpc) is 2.51. The number of nitrogens with two attached hydrogens (primary N) is 1. The number of hydrogen-bond acceptors (Lipinski definition) is 2. The zero-order chi connectivity index (χ0) is 10.1. The number of aromatic amines is 1. The quantitative estimate of drug-likeness (QED) is 0.737. The smallest absolute Gasteiger partial charge is 0.326 e. The molecule has 0 saturated heterocycles. The lowest BCUT2D eigenvalue weighted by atomic mass is 10.2. The van der Waals surface area contributed by atoms with Crippen LogP contribution in [0.4, 0.5) is 0 Å². The summed E-state index contributed by atoms with van der Waals surface area (Å²) in [5.74, 6) is 0. The first kappa shape index (κ1) is 9.02. The van der Waals surface area contributed by atoms with Gasteiger partial charge in [0.25, 0.3) is 0 Å². The maximum Gasteiger partial charge on any atom is 0.326 e. The van der Waals surface area contributed by atoms with Crippen molar-refractivity contribution in [3.05, 3.63) is 34.2 Å². The first-order valence-corrected chi connectivity index (χ1v) is 4.67. The maximum atomic E-state index is 11.4. The van der Waals surface area contributed by atoms with Gasteiger partial charge in [0.1, 0.15) is 0 Å². The van der Waals surface area contributed by atoms with Crippen LogP contribution in [0.1, 0.15) is 12.5 Å². The van der Waals surface area contributed by atoms with Crippen LogP contribution in [0.5, 0.6) is 0 Å². The van der Waals surface area contributed by atoms with Gasteiger partial charge in [-0.15, -0.1) is 0 Å². The Kier molecular flexibility index (Phi) is 2.13. The largest absolute Gasteiger partial charge is 0.326 e. The summed E-state index contributed by atoms with van der Waals surface area (Å²) in [6.45, 7) is 3.13. The summed E-state index contributed by atoms with van der Waals surface area (Å²) in [7, 11) is 0. The Hall–Kier alpha value is -1.55. The van der Waals surface area contributed by atoms with Gasteiger partial charge in [-0.3, -0.25) is 4.57 Å². The van der Waals surface area contributed by atoms with E-state index < -0.39 is 0 Å². The van der Waals surface area contributed by atoms with Crippen LogP contribution >= 0.6 is 0 Å². The van der Waals surface area contributed by atoms with E-state index in [4.69, 9.17) is 5.73 Å². The molecule has 14 heavy (non-hydrogen) atoms. The van der Waals surface area contributed by atoms with Crippen LogP contribution in [0.15, 0.2) is 23.0 Å². The zero-order valence-corrected chi connectivity index (χ0v) is 8.08. The van der Waals surface area contributed by atoms with Gasteiger partial charge in [0.15, 0.2) is 0 Å². The molecule has 0 bridgehead atoms. The molecule has 1 aromatic carbocycles. The molecule has 1 heterocycles. The van der Waals surface area contributed by atoms with Crippen molar-refractivity contribution in [3.63, 3.8) is 0 Å². The number of nitrogens with zero attached hydrogens (tertiary/aromatic N) is 1. The summed E-state index contributed by atoms with van der Waals surface area (Å²) in [6, 6.07) is 5.80. The number of benzene rings is 1. The van der Waals surface area contributed by atoms with Crippen molar-refractivity contribution in [1.29, 1.82) is 0 Å². The number of imidazole rings is 1. The number of hydrogen-bond donors (Lipinski definition) is 2. The van der Waals surface area contributed by atoms with E-state index in [1.165, 1.54) is 0 Å². The molecular formula is C10H13N3O. The van der Waals surface area contributed by atoms with Crippen LogP contribution in [0, 0.1) is 0 Å². The topological polar surface area (TPSA) is 63.8 Å². The third-order valence-corrected chi connectivity index (χ3v) is 2.39. The number of aryl methyl sites for hydroxylation is 1. The third kappa shape index (κ3) is 1.24. The summed E-state index contributed by atoms with van der Waals surface area (Å²) in [5.41, 5.74) is 8.29. The van der Waals surface area contributed by atoms with E-state index in [1.807, 2.05) is 25.1 Å². The van der Waals surface area contributed by atoms with Gasteiger partial charge in [-0.05, 0) is 24.6 Å². The average molecular weight is 191 g/mol. The molecule has 0 unspecified atom stereocenters. The Morgan fingerprint density at radius 1 is 1.50 bits per heavy atom. The monoisotopic (exact) mass is 191 g/mol. The van der Waals surface area contributed by atoms with Gasteiger partial charge in [-0.2, -0.15) is 0 Å². The first-order chi connectivity index (χ1) is 6.76. The van der Waals surface area contributed by atoms with E-state index in [9.17, 15) is 4.79 Å². The van der Waals surface area contributed by atoms with Crippen molar-refractivity contribution < 1.29 is 0 Å². The molecule has 4 heteroatoms. The van der Waals surface area contributed by atoms with Gasteiger partial charge in [0.05, 0.1) is 11.0 Å². The third-order valence-electron chi connectivity index (χ3n) is 2.39. The summed E-state index contributed by atoms with van der Waals surface area (Å²) < 4.78 is 1.70. The van der Waals surface area contributed by atoms with Crippen LogP contribution in [0.3, 0.4) is 0 Å². The van der Waals surface area contributed by atoms with Gasteiger partial charge in [-0.25, -0.2) is 4.79 Å². The predicted molar refractivity (Wildman–Crippen MR) is 56.1 cm³/mol. The molecule has 1 aromatic heterocycles.